The molecular formula is C15H13BrN2O2. The molecule has 102 valence electrons. The van der Waals surface area contributed by atoms with Crippen LogP contribution in [0, 0.1) is 0 Å². The largest absolute Gasteiger partial charge is 0.497 e. The highest BCUT2D eigenvalue weighted by atomic mass is 79.9. The van der Waals surface area contributed by atoms with Gasteiger partial charge in [-0.3, -0.25) is 0 Å². The van der Waals surface area contributed by atoms with Gasteiger partial charge < -0.3 is 14.5 Å². The molecule has 0 saturated carbocycles. The molecule has 0 radical (unpaired) electrons. The summed E-state index contributed by atoms with van der Waals surface area (Å²) in [7, 11) is 1.64. The number of hydrogen-bond acceptors (Lipinski definition) is 3. The zero-order valence-corrected chi connectivity index (χ0v) is 12.5. The van der Waals surface area contributed by atoms with Crippen LogP contribution in [0.3, 0.4) is 0 Å². The lowest BCUT2D eigenvalue weighted by molar-refractivity contribution is 0.305. The average molecular weight is 333 g/mol. The smallest absolute Gasteiger partial charge is 0.137 e. The molecule has 2 heterocycles. The number of hydrogen-bond donors (Lipinski definition) is 1. The third-order valence-electron chi connectivity index (χ3n) is 3.02. The predicted molar refractivity (Wildman–Crippen MR) is 81.1 cm³/mol. The molecule has 0 unspecified atom stereocenters. The van der Waals surface area contributed by atoms with E-state index in [9.17, 15) is 0 Å². The van der Waals surface area contributed by atoms with Gasteiger partial charge in [-0.15, -0.1) is 0 Å². The Bertz CT molecular complexity index is 740. The fraction of sp³-hybridized carbons (Fsp3) is 0.133. The monoisotopic (exact) mass is 332 g/mol. The number of rotatable bonds is 4. The van der Waals surface area contributed by atoms with Crippen LogP contribution in [-0.4, -0.2) is 17.1 Å². The molecule has 0 fully saturated rings. The van der Waals surface area contributed by atoms with Crippen molar-refractivity contribution >= 4 is 27.0 Å². The van der Waals surface area contributed by atoms with Crippen molar-refractivity contribution in [2.45, 2.75) is 6.61 Å². The molecule has 3 rings (SSSR count). The van der Waals surface area contributed by atoms with Crippen molar-refractivity contribution in [1.82, 2.24) is 9.97 Å². The molecule has 20 heavy (non-hydrogen) atoms. The van der Waals surface area contributed by atoms with Gasteiger partial charge >= 0.3 is 0 Å². The molecule has 0 bridgehead atoms. The topological polar surface area (TPSA) is 47.1 Å². The Kier molecular flexibility index (Phi) is 3.60. The van der Waals surface area contributed by atoms with Crippen molar-refractivity contribution in [3.05, 3.63) is 52.8 Å². The first-order chi connectivity index (χ1) is 9.76. The Labute approximate surface area is 124 Å². The molecule has 3 aromatic rings. The van der Waals surface area contributed by atoms with Gasteiger partial charge in [0.05, 0.1) is 7.11 Å². The molecule has 0 aliphatic heterocycles. The summed E-state index contributed by atoms with van der Waals surface area (Å²) in [5.41, 5.74) is 1.93. The highest BCUT2D eigenvalue weighted by Gasteiger charge is 2.06. The summed E-state index contributed by atoms with van der Waals surface area (Å²) in [6.07, 6.45) is 3.69. The summed E-state index contributed by atoms with van der Waals surface area (Å²) in [6, 6.07) is 9.60. The molecule has 0 atom stereocenters. The van der Waals surface area contributed by atoms with Gasteiger partial charge in [-0.05, 0) is 34.1 Å². The van der Waals surface area contributed by atoms with Crippen LogP contribution in [0.5, 0.6) is 11.5 Å². The third kappa shape index (κ3) is 2.63. The van der Waals surface area contributed by atoms with Crippen LogP contribution >= 0.6 is 15.9 Å². The quantitative estimate of drug-likeness (QED) is 0.787. The number of halogens is 1. The molecule has 0 aliphatic carbocycles. The molecular weight excluding hydrogens is 320 g/mol. The van der Waals surface area contributed by atoms with Gasteiger partial charge in [0.1, 0.15) is 23.8 Å². The van der Waals surface area contributed by atoms with Crippen LogP contribution in [0.4, 0.5) is 0 Å². The number of nitrogens with one attached hydrogen (secondary N) is 1. The Balaban J connectivity index is 1.81. The van der Waals surface area contributed by atoms with Crippen LogP contribution < -0.4 is 9.47 Å². The fourth-order valence-electron chi connectivity index (χ4n) is 2.00. The van der Waals surface area contributed by atoms with Crippen LogP contribution in [0.1, 0.15) is 5.56 Å². The van der Waals surface area contributed by atoms with Gasteiger partial charge in [-0.2, -0.15) is 0 Å². The number of aromatic nitrogens is 2. The lowest BCUT2D eigenvalue weighted by Crippen LogP contribution is -1.95. The van der Waals surface area contributed by atoms with Crippen molar-refractivity contribution in [2.75, 3.05) is 7.11 Å². The third-order valence-corrected chi connectivity index (χ3v) is 3.45. The van der Waals surface area contributed by atoms with E-state index in [1.165, 1.54) is 0 Å². The summed E-state index contributed by atoms with van der Waals surface area (Å²) in [5.74, 6) is 1.56. The molecule has 0 amide bonds. The minimum absolute atomic E-state index is 0.477. The van der Waals surface area contributed by atoms with Crippen molar-refractivity contribution in [1.29, 1.82) is 0 Å². The Morgan fingerprint density at radius 1 is 1.25 bits per heavy atom. The van der Waals surface area contributed by atoms with E-state index in [1.54, 1.807) is 13.3 Å². The molecule has 2 aromatic heterocycles. The van der Waals surface area contributed by atoms with Gasteiger partial charge in [-0.25, -0.2) is 4.98 Å². The molecule has 5 heteroatoms. The number of benzene rings is 1. The second kappa shape index (κ2) is 5.54. The maximum Gasteiger partial charge on any atom is 0.137 e. The maximum absolute atomic E-state index is 5.80. The Hall–Kier alpha value is -2.01. The van der Waals surface area contributed by atoms with E-state index in [4.69, 9.17) is 9.47 Å². The predicted octanol–water partition coefficient (Wildman–Crippen LogP) is 3.91. The van der Waals surface area contributed by atoms with Gasteiger partial charge in [-0.1, -0.05) is 6.07 Å². The SMILES string of the molecule is COc1cccc(OCc2c[nH]c3ncc(Br)cc23)c1. The first-order valence-electron chi connectivity index (χ1n) is 6.14. The second-order valence-corrected chi connectivity index (χ2v) is 5.25. The number of nitrogens with zero attached hydrogens (tertiary/aromatic N) is 1. The highest BCUT2D eigenvalue weighted by Crippen LogP contribution is 2.23. The lowest BCUT2D eigenvalue weighted by atomic mass is 10.2. The number of methoxy groups -OCH3 is 1. The van der Waals surface area contributed by atoms with Crippen molar-refractivity contribution in [3.63, 3.8) is 0 Å². The normalized spacial score (nSPS) is 10.7. The number of pyridine rings is 1. The summed E-state index contributed by atoms with van der Waals surface area (Å²) < 4.78 is 11.9. The van der Waals surface area contributed by atoms with E-state index in [-0.39, 0.29) is 0 Å². The van der Waals surface area contributed by atoms with Crippen molar-refractivity contribution in [3.8, 4) is 11.5 Å². The first kappa shape index (κ1) is 13.0. The zero-order chi connectivity index (χ0) is 13.9. The summed E-state index contributed by atoms with van der Waals surface area (Å²) in [6.45, 7) is 0.477. The fourth-order valence-corrected chi connectivity index (χ4v) is 2.34. The summed E-state index contributed by atoms with van der Waals surface area (Å²) >= 11 is 3.43. The molecule has 0 saturated heterocycles. The van der Waals surface area contributed by atoms with Crippen molar-refractivity contribution in [2.24, 2.45) is 0 Å². The Morgan fingerprint density at radius 2 is 2.10 bits per heavy atom. The molecule has 0 spiro atoms. The van der Waals surface area contributed by atoms with E-state index in [0.29, 0.717) is 6.61 Å². The average Bonchev–Trinajstić information content (AvgIpc) is 2.87. The second-order valence-electron chi connectivity index (χ2n) is 4.33. The van der Waals surface area contributed by atoms with Gasteiger partial charge in [0, 0.05) is 33.9 Å². The standard InChI is InChI=1S/C15H13BrN2O2/c1-19-12-3-2-4-13(6-12)20-9-10-7-17-15-14(10)5-11(16)8-18-15/h2-8H,9H2,1H3,(H,17,18). The van der Waals surface area contributed by atoms with E-state index >= 15 is 0 Å². The van der Waals surface area contributed by atoms with Gasteiger partial charge in [0.15, 0.2) is 0 Å². The van der Waals surface area contributed by atoms with Crippen LogP contribution in [0.2, 0.25) is 0 Å². The van der Waals surface area contributed by atoms with Crippen LogP contribution in [-0.2, 0) is 6.61 Å². The van der Waals surface area contributed by atoms with E-state index in [2.05, 4.69) is 25.9 Å². The molecule has 1 N–H and O–H groups in total. The molecule has 4 nitrogen and oxygen atoms in total. The van der Waals surface area contributed by atoms with E-state index in [0.717, 1.165) is 32.6 Å². The number of fused-ring (bicyclic) bond motifs is 1. The zero-order valence-electron chi connectivity index (χ0n) is 10.9. The Morgan fingerprint density at radius 3 is 2.95 bits per heavy atom. The van der Waals surface area contributed by atoms with E-state index < -0.39 is 0 Å². The number of aromatic amines is 1. The highest BCUT2D eigenvalue weighted by molar-refractivity contribution is 9.10. The molecule has 0 aliphatic rings. The number of ether oxygens (including phenoxy) is 2. The first-order valence-corrected chi connectivity index (χ1v) is 6.94. The maximum atomic E-state index is 5.80. The number of H-pyrrole nitrogens is 1. The van der Waals surface area contributed by atoms with Gasteiger partial charge in [0.25, 0.3) is 0 Å². The lowest BCUT2D eigenvalue weighted by Gasteiger charge is -2.07. The van der Waals surface area contributed by atoms with E-state index in [1.807, 2.05) is 36.5 Å². The summed E-state index contributed by atoms with van der Waals surface area (Å²) in [4.78, 5) is 7.44. The van der Waals surface area contributed by atoms with Crippen LogP contribution in [0.15, 0.2) is 47.2 Å². The van der Waals surface area contributed by atoms with Crippen LogP contribution in [0.25, 0.3) is 11.0 Å². The summed E-state index contributed by atoms with van der Waals surface area (Å²) in [5, 5.41) is 1.06. The molecule has 1 aromatic carbocycles. The van der Waals surface area contributed by atoms with Crippen molar-refractivity contribution < 1.29 is 9.47 Å². The van der Waals surface area contributed by atoms with Gasteiger partial charge in [0.2, 0.25) is 0 Å². The minimum atomic E-state index is 0.477. The minimum Gasteiger partial charge on any atom is -0.497 e.